The van der Waals surface area contributed by atoms with Crippen LogP contribution in [0.15, 0.2) is 59.0 Å². The van der Waals surface area contributed by atoms with Gasteiger partial charge in [-0.15, -0.1) is 0 Å². The molecule has 0 spiro atoms. The first kappa shape index (κ1) is 16.3. The van der Waals surface area contributed by atoms with E-state index in [9.17, 15) is 9.59 Å². The van der Waals surface area contributed by atoms with E-state index >= 15 is 0 Å². The summed E-state index contributed by atoms with van der Waals surface area (Å²) in [5, 5.41) is 12.2. The normalized spacial score (nSPS) is 11.5. The molecule has 1 N–H and O–H groups in total. The van der Waals surface area contributed by atoms with Crippen molar-refractivity contribution in [1.29, 1.82) is 5.26 Å². The molecule has 124 valence electrons. The molecular weight excluding hydrogens is 320 g/mol. The smallest absolute Gasteiger partial charge is 0.375 e. The van der Waals surface area contributed by atoms with Crippen molar-refractivity contribution in [2.24, 2.45) is 0 Å². The third-order valence-corrected chi connectivity index (χ3v) is 3.54. The molecule has 2 aromatic carbocycles. The molecule has 3 aromatic rings. The summed E-state index contributed by atoms with van der Waals surface area (Å²) >= 11 is 0. The monoisotopic (exact) mass is 334 g/mol. The zero-order valence-electron chi connectivity index (χ0n) is 13.4. The van der Waals surface area contributed by atoms with E-state index < -0.39 is 18.0 Å². The number of esters is 1. The second-order valence-corrected chi connectivity index (χ2v) is 5.38. The summed E-state index contributed by atoms with van der Waals surface area (Å²) in [6.07, 6.45) is -1.02. The van der Waals surface area contributed by atoms with Gasteiger partial charge in [-0.1, -0.05) is 24.3 Å². The Kier molecular flexibility index (Phi) is 4.48. The molecule has 25 heavy (non-hydrogen) atoms. The number of nitrogens with one attached hydrogen (secondary N) is 1. The molecule has 0 fully saturated rings. The number of carbonyl (C=O) groups excluding carboxylic acids is 2. The highest BCUT2D eigenvalue weighted by Gasteiger charge is 2.21. The number of ether oxygens (including phenoxy) is 1. The number of hydrogen-bond acceptors (Lipinski definition) is 5. The van der Waals surface area contributed by atoms with E-state index in [1.54, 1.807) is 36.4 Å². The molecule has 3 rings (SSSR count). The van der Waals surface area contributed by atoms with Gasteiger partial charge in [-0.3, -0.25) is 4.79 Å². The highest BCUT2D eigenvalue weighted by atomic mass is 16.6. The van der Waals surface area contributed by atoms with Crippen molar-refractivity contribution >= 4 is 28.5 Å². The molecule has 0 bridgehead atoms. The number of benzene rings is 2. The van der Waals surface area contributed by atoms with Crippen molar-refractivity contribution in [2.45, 2.75) is 13.0 Å². The van der Waals surface area contributed by atoms with Gasteiger partial charge in [0.1, 0.15) is 5.58 Å². The van der Waals surface area contributed by atoms with Crippen LogP contribution in [0.4, 0.5) is 5.69 Å². The SMILES string of the molecule is C[C@H](OC(=O)c1cc2ccccc2o1)C(=O)Nc1cccc(C#N)c1. The molecule has 0 radical (unpaired) electrons. The minimum Gasteiger partial charge on any atom is -0.449 e. The lowest BCUT2D eigenvalue weighted by molar-refractivity contribution is -0.123. The first-order valence-corrected chi connectivity index (χ1v) is 7.57. The van der Waals surface area contributed by atoms with Gasteiger partial charge in [0.2, 0.25) is 5.76 Å². The first-order chi connectivity index (χ1) is 12.1. The fourth-order valence-corrected chi connectivity index (χ4v) is 2.27. The Labute approximate surface area is 143 Å². The van der Waals surface area contributed by atoms with Crippen LogP contribution in [0.2, 0.25) is 0 Å². The van der Waals surface area contributed by atoms with E-state index in [0.29, 0.717) is 16.8 Å². The van der Waals surface area contributed by atoms with Gasteiger partial charge in [-0.25, -0.2) is 4.79 Å². The highest BCUT2D eigenvalue weighted by molar-refractivity contribution is 5.98. The van der Waals surface area contributed by atoms with E-state index in [0.717, 1.165) is 5.39 Å². The molecule has 0 saturated heterocycles. The minimum absolute atomic E-state index is 0.0346. The molecule has 1 heterocycles. The molecule has 0 aliphatic rings. The molecule has 0 saturated carbocycles. The van der Waals surface area contributed by atoms with E-state index in [2.05, 4.69) is 5.32 Å². The van der Waals surface area contributed by atoms with E-state index in [-0.39, 0.29) is 5.76 Å². The molecule has 6 nitrogen and oxygen atoms in total. The number of para-hydroxylation sites is 1. The zero-order chi connectivity index (χ0) is 17.8. The maximum Gasteiger partial charge on any atom is 0.375 e. The Balaban J connectivity index is 1.66. The van der Waals surface area contributed by atoms with Gasteiger partial charge >= 0.3 is 5.97 Å². The maximum atomic E-state index is 12.1. The Morgan fingerprint density at radius 2 is 1.96 bits per heavy atom. The van der Waals surface area contributed by atoms with Crippen molar-refractivity contribution in [3.05, 3.63) is 65.9 Å². The Hall–Kier alpha value is -3.59. The second-order valence-electron chi connectivity index (χ2n) is 5.38. The van der Waals surface area contributed by atoms with Crippen molar-refractivity contribution in [3.8, 4) is 6.07 Å². The Morgan fingerprint density at radius 3 is 2.72 bits per heavy atom. The van der Waals surface area contributed by atoms with Crippen LogP contribution in [0, 0.1) is 11.3 Å². The molecule has 1 aromatic heterocycles. The quantitative estimate of drug-likeness (QED) is 0.737. The van der Waals surface area contributed by atoms with Crippen LogP contribution in [0.1, 0.15) is 23.0 Å². The zero-order valence-corrected chi connectivity index (χ0v) is 13.4. The number of amides is 1. The summed E-state index contributed by atoms with van der Waals surface area (Å²) in [5.41, 5.74) is 1.44. The lowest BCUT2D eigenvalue weighted by Crippen LogP contribution is -2.29. The van der Waals surface area contributed by atoms with Crippen molar-refractivity contribution in [3.63, 3.8) is 0 Å². The largest absolute Gasteiger partial charge is 0.449 e. The summed E-state index contributed by atoms with van der Waals surface area (Å²) in [5.74, 6) is -1.18. The predicted octanol–water partition coefficient (Wildman–Crippen LogP) is 3.49. The molecular formula is C19H14N2O4. The lowest BCUT2D eigenvalue weighted by Gasteiger charge is -2.12. The highest BCUT2D eigenvalue weighted by Crippen LogP contribution is 2.20. The number of nitriles is 1. The number of hydrogen-bond donors (Lipinski definition) is 1. The first-order valence-electron chi connectivity index (χ1n) is 7.57. The molecule has 1 amide bonds. The molecule has 0 aliphatic heterocycles. The number of rotatable bonds is 4. The Morgan fingerprint density at radius 1 is 1.16 bits per heavy atom. The number of anilines is 1. The van der Waals surface area contributed by atoms with Crippen LogP contribution in [-0.4, -0.2) is 18.0 Å². The fourth-order valence-electron chi connectivity index (χ4n) is 2.27. The summed E-state index contributed by atoms with van der Waals surface area (Å²) in [7, 11) is 0. The summed E-state index contributed by atoms with van der Waals surface area (Å²) in [6, 6.07) is 17.2. The summed E-state index contributed by atoms with van der Waals surface area (Å²) in [4.78, 5) is 24.3. The predicted molar refractivity (Wildman–Crippen MR) is 90.9 cm³/mol. The van der Waals surface area contributed by atoms with Crippen LogP contribution < -0.4 is 5.32 Å². The number of furan rings is 1. The van der Waals surface area contributed by atoms with Gasteiger partial charge < -0.3 is 14.5 Å². The number of nitrogens with zero attached hydrogens (tertiary/aromatic N) is 1. The van der Waals surface area contributed by atoms with Crippen molar-refractivity contribution in [2.75, 3.05) is 5.32 Å². The van der Waals surface area contributed by atoms with Crippen LogP contribution in [-0.2, 0) is 9.53 Å². The van der Waals surface area contributed by atoms with Crippen LogP contribution in [0.25, 0.3) is 11.0 Å². The lowest BCUT2D eigenvalue weighted by atomic mass is 10.2. The standard InChI is InChI=1S/C19H14N2O4/c1-12(18(22)21-15-7-4-5-13(9-15)11-20)24-19(23)17-10-14-6-2-3-8-16(14)25-17/h2-10,12H,1H3,(H,21,22)/t12-/m0/s1. The van der Waals surface area contributed by atoms with E-state index in [1.807, 2.05) is 18.2 Å². The number of fused-ring (bicyclic) bond motifs is 1. The van der Waals surface area contributed by atoms with Gasteiger partial charge in [-0.2, -0.15) is 5.26 Å². The van der Waals surface area contributed by atoms with Crippen LogP contribution >= 0.6 is 0 Å². The molecule has 0 aliphatic carbocycles. The summed E-state index contributed by atoms with van der Waals surface area (Å²) in [6.45, 7) is 1.46. The van der Waals surface area contributed by atoms with Crippen molar-refractivity contribution < 1.29 is 18.7 Å². The maximum absolute atomic E-state index is 12.1. The fraction of sp³-hybridized carbons (Fsp3) is 0.105. The van der Waals surface area contributed by atoms with E-state index in [1.165, 1.54) is 13.0 Å². The van der Waals surface area contributed by atoms with Gasteiger partial charge in [0.15, 0.2) is 6.10 Å². The third-order valence-electron chi connectivity index (χ3n) is 3.54. The van der Waals surface area contributed by atoms with Gasteiger partial charge in [0.05, 0.1) is 11.6 Å². The average molecular weight is 334 g/mol. The molecule has 0 unspecified atom stereocenters. The third kappa shape index (κ3) is 3.67. The van der Waals surface area contributed by atoms with E-state index in [4.69, 9.17) is 14.4 Å². The average Bonchev–Trinajstić information content (AvgIpc) is 3.06. The Bertz CT molecular complexity index is 951. The van der Waals surface area contributed by atoms with Gasteiger partial charge in [0.25, 0.3) is 5.91 Å². The minimum atomic E-state index is -1.02. The van der Waals surface area contributed by atoms with Crippen molar-refractivity contribution in [1.82, 2.24) is 0 Å². The number of carbonyl (C=O) groups is 2. The molecule has 1 atom stereocenters. The van der Waals surface area contributed by atoms with Gasteiger partial charge in [-0.05, 0) is 37.3 Å². The van der Waals surface area contributed by atoms with Crippen LogP contribution in [0.5, 0.6) is 0 Å². The summed E-state index contributed by atoms with van der Waals surface area (Å²) < 4.78 is 10.6. The molecule has 6 heteroatoms. The van der Waals surface area contributed by atoms with Gasteiger partial charge in [0, 0.05) is 11.1 Å². The second kappa shape index (κ2) is 6.89. The topological polar surface area (TPSA) is 92.3 Å². The van der Waals surface area contributed by atoms with Crippen LogP contribution in [0.3, 0.4) is 0 Å².